The van der Waals surface area contributed by atoms with E-state index in [0.717, 1.165) is 43.1 Å². The van der Waals surface area contributed by atoms with Gasteiger partial charge in [0, 0.05) is 55.9 Å². The van der Waals surface area contributed by atoms with Gasteiger partial charge in [-0.1, -0.05) is 43.0 Å². The van der Waals surface area contributed by atoms with Gasteiger partial charge < -0.3 is 33.9 Å². The number of morpholine rings is 1. The second-order valence-corrected chi connectivity index (χ2v) is 11.2. The highest BCUT2D eigenvalue weighted by Gasteiger charge is 2.35. The molecular weight excluding hydrogens is 530 g/mol. The number of hydrogen-bond acceptors (Lipinski definition) is 8. The first-order valence-electron chi connectivity index (χ1n) is 14.6. The van der Waals surface area contributed by atoms with Crippen molar-refractivity contribution in [1.29, 1.82) is 0 Å². The summed E-state index contributed by atoms with van der Waals surface area (Å²) in [6.07, 6.45) is 2.07. The van der Waals surface area contributed by atoms with E-state index in [1.165, 1.54) is 22.5 Å². The van der Waals surface area contributed by atoms with E-state index in [1.54, 1.807) is 4.90 Å². The van der Waals surface area contributed by atoms with Crippen LogP contribution in [0.5, 0.6) is 6.01 Å². The summed E-state index contributed by atoms with van der Waals surface area (Å²) < 4.78 is 12.1. The van der Waals surface area contributed by atoms with Gasteiger partial charge in [-0.2, -0.15) is 9.97 Å². The lowest BCUT2D eigenvalue weighted by Crippen LogP contribution is -2.56. The first-order chi connectivity index (χ1) is 20.5. The van der Waals surface area contributed by atoms with E-state index in [0.29, 0.717) is 45.4 Å². The lowest BCUT2D eigenvalue weighted by Gasteiger charge is -2.41. The molecule has 3 aliphatic rings. The molecule has 0 spiro atoms. The van der Waals surface area contributed by atoms with E-state index in [2.05, 4.69) is 75.6 Å². The van der Waals surface area contributed by atoms with Crippen LogP contribution in [-0.2, 0) is 22.5 Å². The molecule has 0 aliphatic carbocycles. The van der Waals surface area contributed by atoms with Crippen molar-refractivity contribution in [3.8, 4) is 6.01 Å². The summed E-state index contributed by atoms with van der Waals surface area (Å²) in [6.45, 7) is 17.2. The molecule has 0 bridgehead atoms. The molecule has 0 radical (unpaired) electrons. The molecule has 4 heterocycles. The van der Waals surface area contributed by atoms with Gasteiger partial charge in [0.15, 0.2) is 0 Å². The minimum Gasteiger partial charge on any atom is -0.461 e. The Morgan fingerprint density at radius 3 is 2.81 bits per heavy atom. The van der Waals surface area contributed by atoms with E-state index in [9.17, 15) is 4.79 Å². The van der Waals surface area contributed by atoms with Crippen LogP contribution < -0.4 is 14.5 Å². The monoisotopic (exact) mass is 567 g/mol. The quantitative estimate of drug-likeness (QED) is 0.319. The Morgan fingerprint density at radius 1 is 1.12 bits per heavy atom. The maximum Gasteiger partial charge on any atom is 0.318 e. The Hall–Kier alpha value is -4.20. The van der Waals surface area contributed by atoms with Crippen LogP contribution in [0.4, 0.5) is 11.5 Å². The molecule has 2 fully saturated rings. The third-order valence-electron chi connectivity index (χ3n) is 8.41. The van der Waals surface area contributed by atoms with Crippen LogP contribution in [0.25, 0.3) is 15.6 Å². The highest BCUT2D eigenvalue weighted by Crippen LogP contribution is 2.34. The van der Waals surface area contributed by atoms with Crippen LogP contribution in [-0.4, -0.2) is 104 Å². The fourth-order valence-corrected chi connectivity index (χ4v) is 6.26. The number of carbonyl (C=O) groups excluding carboxylic acids is 1. The van der Waals surface area contributed by atoms with E-state index >= 15 is 0 Å². The molecule has 6 rings (SSSR count). The normalized spacial score (nSPS) is 21.1. The molecular formula is C32H37N7O3. The Bertz CT molecular complexity index is 1500. The second-order valence-electron chi connectivity index (χ2n) is 11.2. The fraction of sp³-hybridized carbons (Fsp3) is 0.438. The van der Waals surface area contributed by atoms with Gasteiger partial charge in [-0.25, -0.2) is 6.57 Å². The average Bonchev–Trinajstić information content (AvgIpc) is 3.02. The molecule has 3 aromatic rings. The lowest BCUT2D eigenvalue weighted by molar-refractivity contribution is -0.128. The molecule has 2 atom stereocenters. The maximum absolute atomic E-state index is 12.5. The summed E-state index contributed by atoms with van der Waals surface area (Å²) in [5, 5.41) is 2.43. The van der Waals surface area contributed by atoms with Gasteiger partial charge in [0.1, 0.15) is 24.6 Å². The molecule has 1 amide bonds. The van der Waals surface area contributed by atoms with Crippen LogP contribution in [0.15, 0.2) is 55.1 Å². The minimum atomic E-state index is -0.237. The predicted octanol–water partition coefficient (Wildman–Crippen LogP) is 3.02. The molecule has 10 nitrogen and oxygen atoms in total. The lowest BCUT2D eigenvalue weighted by atomic mass is 10.0. The zero-order chi connectivity index (χ0) is 29.1. The molecule has 3 aliphatic heterocycles. The van der Waals surface area contributed by atoms with Crippen molar-refractivity contribution in [3.63, 3.8) is 0 Å². The number of aromatic nitrogens is 2. The van der Waals surface area contributed by atoms with Crippen molar-refractivity contribution < 1.29 is 14.3 Å². The van der Waals surface area contributed by atoms with E-state index in [4.69, 9.17) is 26.0 Å². The van der Waals surface area contributed by atoms with Crippen molar-refractivity contribution in [2.45, 2.75) is 25.1 Å². The summed E-state index contributed by atoms with van der Waals surface area (Å²) in [5.41, 5.74) is 3.24. The third kappa shape index (κ3) is 5.75. The molecule has 10 heteroatoms. The van der Waals surface area contributed by atoms with Gasteiger partial charge >= 0.3 is 6.01 Å². The number of fused-ring (bicyclic) bond motifs is 2. The molecule has 218 valence electrons. The number of benzene rings is 2. The molecule has 1 aromatic heterocycles. The van der Waals surface area contributed by atoms with Crippen LogP contribution in [0.2, 0.25) is 0 Å². The summed E-state index contributed by atoms with van der Waals surface area (Å²) >= 11 is 0. The standard InChI is InChI=1S/C32H37N7O3/c1-4-30(40)39-15-14-38(19-24(39)18-33-2)31-27-12-13-37(29-11-7-9-23-8-5-6-10-26(23)29)21-28(27)34-32(35-31)42-22-25-20-36(3)16-17-41-25/h4-11,24-25H,1,12-22H2,3H3/t24-,25+/m0/s1. The summed E-state index contributed by atoms with van der Waals surface area (Å²) in [4.78, 5) is 34.6. The fourth-order valence-electron chi connectivity index (χ4n) is 6.26. The number of rotatable bonds is 7. The number of carbonyl (C=O) groups is 1. The van der Waals surface area contributed by atoms with Crippen molar-refractivity contribution in [2.24, 2.45) is 0 Å². The second kappa shape index (κ2) is 12.3. The number of piperazine rings is 1. The first kappa shape index (κ1) is 27.9. The molecule has 0 N–H and O–H groups in total. The maximum atomic E-state index is 12.5. The highest BCUT2D eigenvalue weighted by atomic mass is 16.5. The van der Waals surface area contributed by atoms with Crippen LogP contribution >= 0.6 is 0 Å². The topological polar surface area (TPSA) is 78.6 Å². The number of ether oxygens (including phenoxy) is 2. The smallest absolute Gasteiger partial charge is 0.318 e. The predicted molar refractivity (Wildman–Crippen MR) is 163 cm³/mol. The van der Waals surface area contributed by atoms with Gasteiger partial charge in [-0.3, -0.25) is 4.79 Å². The number of amides is 1. The summed E-state index contributed by atoms with van der Waals surface area (Å²) in [6, 6.07) is 15.0. The number of likely N-dealkylation sites (N-methyl/N-ethyl adjacent to an activating group) is 1. The van der Waals surface area contributed by atoms with Crippen molar-refractivity contribution in [2.75, 3.05) is 75.9 Å². The highest BCUT2D eigenvalue weighted by molar-refractivity contribution is 5.94. The average molecular weight is 568 g/mol. The van der Waals surface area contributed by atoms with Crippen LogP contribution in [0.3, 0.4) is 0 Å². The SMILES string of the molecule is [C-]#[N+]C[C@H]1CN(c2nc(OC[C@H]3CN(C)CCO3)nc3c2CCN(c2cccc4ccccc24)C3)CCN1C(=O)C=C. The third-order valence-corrected chi connectivity index (χ3v) is 8.41. The Kier molecular flexibility index (Phi) is 8.22. The Balaban J connectivity index is 1.31. The van der Waals surface area contributed by atoms with Crippen molar-refractivity contribution in [1.82, 2.24) is 19.8 Å². The van der Waals surface area contributed by atoms with E-state index in [1.807, 2.05) is 0 Å². The van der Waals surface area contributed by atoms with Crippen LogP contribution in [0.1, 0.15) is 11.3 Å². The largest absolute Gasteiger partial charge is 0.461 e. The summed E-state index contributed by atoms with van der Waals surface area (Å²) in [5.74, 6) is 0.704. The number of anilines is 2. The minimum absolute atomic E-state index is 0.0458. The van der Waals surface area contributed by atoms with Gasteiger partial charge in [-0.05, 0) is 31.0 Å². The zero-order valence-electron chi connectivity index (χ0n) is 24.1. The Morgan fingerprint density at radius 2 is 1.98 bits per heavy atom. The molecule has 2 saturated heterocycles. The molecule has 0 unspecified atom stereocenters. The summed E-state index contributed by atoms with van der Waals surface area (Å²) in [7, 11) is 2.08. The number of hydrogen-bond donors (Lipinski definition) is 0. The number of nitrogens with zero attached hydrogens (tertiary/aromatic N) is 7. The van der Waals surface area contributed by atoms with Crippen molar-refractivity contribution >= 4 is 28.2 Å². The van der Waals surface area contributed by atoms with E-state index < -0.39 is 0 Å². The Labute approximate surface area is 247 Å². The van der Waals surface area contributed by atoms with Crippen LogP contribution in [0, 0.1) is 6.57 Å². The zero-order valence-corrected chi connectivity index (χ0v) is 24.1. The van der Waals surface area contributed by atoms with Gasteiger partial charge in [0.25, 0.3) is 0 Å². The van der Waals surface area contributed by atoms with Gasteiger partial charge in [0.2, 0.25) is 12.5 Å². The van der Waals surface area contributed by atoms with Crippen molar-refractivity contribution in [3.05, 3.63) is 77.8 Å². The van der Waals surface area contributed by atoms with Gasteiger partial charge in [0.05, 0.1) is 18.8 Å². The first-order valence-corrected chi connectivity index (χ1v) is 14.6. The molecule has 2 aromatic carbocycles. The molecule has 0 saturated carbocycles. The van der Waals surface area contributed by atoms with E-state index in [-0.39, 0.29) is 24.6 Å². The molecule has 42 heavy (non-hydrogen) atoms. The van der Waals surface area contributed by atoms with Gasteiger partial charge in [-0.15, -0.1) is 0 Å².